The standard InChI is InChI=1S/C16H17NO3S2/c1-19-12-7-6-10(9-14-15(18)17-16(21)22-14)8-13(12)20-11-4-2-3-5-11/h6-9,11H,2-5H2,1H3,(H,17,18,21)/b14-9-. The lowest BCUT2D eigenvalue weighted by Gasteiger charge is -2.16. The molecule has 4 nitrogen and oxygen atoms in total. The number of methoxy groups -OCH3 is 1. The van der Waals surface area contributed by atoms with Crippen LogP contribution in [0.5, 0.6) is 11.5 Å². The van der Waals surface area contributed by atoms with Crippen molar-refractivity contribution in [2.24, 2.45) is 0 Å². The fourth-order valence-corrected chi connectivity index (χ4v) is 3.68. The van der Waals surface area contributed by atoms with E-state index in [1.807, 2.05) is 24.3 Å². The van der Waals surface area contributed by atoms with Gasteiger partial charge in [0.1, 0.15) is 4.32 Å². The molecule has 1 heterocycles. The molecule has 2 aliphatic rings. The number of carbonyl (C=O) groups excluding carboxylic acids is 1. The van der Waals surface area contributed by atoms with Gasteiger partial charge in [0.05, 0.1) is 18.1 Å². The molecule has 0 aromatic heterocycles. The Morgan fingerprint density at radius 3 is 2.73 bits per heavy atom. The van der Waals surface area contributed by atoms with Gasteiger partial charge < -0.3 is 14.8 Å². The van der Waals surface area contributed by atoms with Crippen LogP contribution in [0.3, 0.4) is 0 Å². The molecule has 116 valence electrons. The molecule has 1 N–H and O–H groups in total. The van der Waals surface area contributed by atoms with Gasteiger partial charge in [0.25, 0.3) is 5.91 Å². The van der Waals surface area contributed by atoms with Crippen LogP contribution in [0.1, 0.15) is 31.2 Å². The number of rotatable bonds is 4. The van der Waals surface area contributed by atoms with Crippen molar-refractivity contribution in [1.29, 1.82) is 0 Å². The number of hydrogen-bond donors (Lipinski definition) is 1. The zero-order valence-electron chi connectivity index (χ0n) is 12.3. The summed E-state index contributed by atoms with van der Waals surface area (Å²) < 4.78 is 11.9. The van der Waals surface area contributed by atoms with E-state index in [4.69, 9.17) is 21.7 Å². The van der Waals surface area contributed by atoms with Crippen molar-refractivity contribution in [1.82, 2.24) is 5.32 Å². The molecular formula is C16H17NO3S2. The van der Waals surface area contributed by atoms with E-state index in [0.29, 0.717) is 15.0 Å². The van der Waals surface area contributed by atoms with E-state index in [1.54, 1.807) is 7.11 Å². The molecule has 0 unspecified atom stereocenters. The Labute approximate surface area is 139 Å². The SMILES string of the molecule is COc1ccc(/C=C2\SC(=S)NC2=O)cc1OC1CCCC1. The highest BCUT2D eigenvalue weighted by Crippen LogP contribution is 2.34. The molecule has 0 radical (unpaired) electrons. The van der Waals surface area contributed by atoms with E-state index in [1.165, 1.54) is 24.6 Å². The van der Waals surface area contributed by atoms with E-state index in [9.17, 15) is 4.79 Å². The molecule has 0 spiro atoms. The third-order valence-corrected chi connectivity index (χ3v) is 4.89. The molecule has 2 fully saturated rings. The Balaban J connectivity index is 1.84. The number of ether oxygens (including phenoxy) is 2. The summed E-state index contributed by atoms with van der Waals surface area (Å²) in [6.45, 7) is 0. The predicted octanol–water partition coefficient (Wildman–Crippen LogP) is 3.51. The Morgan fingerprint density at radius 2 is 2.09 bits per heavy atom. The third kappa shape index (κ3) is 3.44. The van der Waals surface area contributed by atoms with Crippen molar-refractivity contribution in [2.45, 2.75) is 31.8 Å². The van der Waals surface area contributed by atoms with Gasteiger partial charge in [0, 0.05) is 0 Å². The maximum atomic E-state index is 11.7. The summed E-state index contributed by atoms with van der Waals surface area (Å²) in [4.78, 5) is 12.3. The molecule has 0 bridgehead atoms. The summed E-state index contributed by atoms with van der Waals surface area (Å²) >= 11 is 6.27. The molecule has 0 atom stereocenters. The highest BCUT2D eigenvalue weighted by atomic mass is 32.2. The topological polar surface area (TPSA) is 47.6 Å². The van der Waals surface area contributed by atoms with Gasteiger partial charge in [-0.15, -0.1) is 0 Å². The van der Waals surface area contributed by atoms with Gasteiger partial charge >= 0.3 is 0 Å². The number of thioether (sulfide) groups is 1. The molecule has 22 heavy (non-hydrogen) atoms. The highest BCUT2D eigenvalue weighted by Gasteiger charge is 2.22. The Bertz CT molecular complexity index is 636. The van der Waals surface area contributed by atoms with E-state index >= 15 is 0 Å². The maximum absolute atomic E-state index is 11.7. The van der Waals surface area contributed by atoms with Gasteiger partial charge in [-0.25, -0.2) is 0 Å². The molecule has 1 aromatic carbocycles. The summed E-state index contributed by atoms with van der Waals surface area (Å²) in [5.41, 5.74) is 0.899. The van der Waals surface area contributed by atoms with Crippen LogP contribution in [0.4, 0.5) is 0 Å². The van der Waals surface area contributed by atoms with Gasteiger partial charge in [0.15, 0.2) is 11.5 Å². The summed E-state index contributed by atoms with van der Waals surface area (Å²) in [5.74, 6) is 1.30. The maximum Gasteiger partial charge on any atom is 0.263 e. The molecule has 1 aliphatic heterocycles. The van der Waals surface area contributed by atoms with Crippen molar-refractivity contribution >= 4 is 40.3 Å². The van der Waals surface area contributed by atoms with E-state index < -0.39 is 0 Å². The van der Waals surface area contributed by atoms with Gasteiger partial charge in [-0.2, -0.15) is 0 Å². The van der Waals surface area contributed by atoms with Crippen molar-refractivity contribution in [3.8, 4) is 11.5 Å². The Hall–Kier alpha value is -1.53. The molecule has 3 rings (SSSR count). The van der Waals surface area contributed by atoms with Crippen LogP contribution in [0.2, 0.25) is 0 Å². The molecule has 1 saturated carbocycles. The van der Waals surface area contributed by atoms with Crippen LogP contribution in [-0.2, 0) is 4.79 Å². The van der Waals surface area contributed by atoms with Crippen LogP contribution in [0.15, 0.2) is 23.1 Å². The summed E-state index contributed by atoms with van der Waals surface area (Å²) in [6, 6.07) is 5.69. The second-order valence-corrected chi connectivity index (χ2v) is 7.01. The number of thiocarbonyl (C=S) groups is 1. The average molecular weight is 335 g/mol. The zero-order chi connectivity index (χ0) is 15.5. The summed E-state index contributed by atoms with van der Waals surface area (Å²) in [6.07, 6.45) is 6.67. The van der Waals surface area contributed by atoms with Crippen molar-refractivity contribution in [2.75, 3.05) is 7.11 Å². The first-order valence-corrected chi connectivity index (χ1v) is 8.48. The van der Waals surface area contributed by atoms with Gasteiger partial charge in [0.2, 0.25) is 0 Å². The first-order valence-electron chi connectivity index (χ1n) is 7.25. The number of carbonyl (C=O) groups is 1. The lowest BCUT2D eigenvalue weighted by Crippen LogP contribution is -2.17. The van der Waals surface area contributed by atoms with Crippen molar-refractivity contribution < 1.29 is 14.3 Å². The van der Waals surface area contributed by atoms with Crippen LogP contribution in [0, 0.1) is 0 Å². The molecule has 6 heteroatoms. The van der Waals surface area contributed by atoms with Crippen LogP contribution in [0.25, 0.3) is 6.08 Å². The number of nitrogens with one attached hydrogen (secondary N) is 1. The molecule has 1 aromatic rings. The monoisotopic (exact) mass is 335 g/mol. The largest absolute Gasteiger partial charge is 0.493 e. The first kappa shape index (κ1) is 15.4. The molecular weight excluding hydrogens is 318 g/mol. The number of hydrogen-bond acceptors (Lipinski definition) is 5. The zero-order valence-corrected chi connectivity index (χ0v) is 13.9. The molecule has 1 amide bonds. The fourth-order valence-electron chi connectivity index (χ4n) is 2.63. The van der Waals surface area contributed by atoms with E-state index in [0.717, 1.165) is 24.2 Å². The van der Waals surface area contributed by atoms with Gasteiger partial charge in [-0.05, 0) is 49.5 Å². The summed E-state index contributed by atoms with van der Waals surface area (Å²) in [7, 11) is 1.63. The lowest BCUT2D eigenvalue weighted by atomic mass is 10.1. The highest BCUT2D eigenvalue weighted by molar-refractivity contribution is 8.26. The van der Waals surface area contributed by atoms with Gasteiger partial charge in [-0.3, -0.25) is 4.79 Å². The minimum absolute atomic E-state index is 0.149. The first-order chi connectivity index (χ1) is 10.7. The van der Waals surface area contributed by atoms with Crippen LogP contribution in [-0.4, -0.2) is 23.4 Å². The van der Waals surface area contributed by atoms with Gasteiger partial charge in [-0.1, -0.05) is 30.0 Å². The van der Waals surface area contributed by atoms with Crippen LogP contribution >= 0.6 is 24.0 Å². The lowest BCUT2D eigenvalue weighted by molar-refractivity contribution is -0.115. The van der Waals surface area contributed by atoms with E-state index in [2.05, 4.69) is 5.32 Å². The van der Waals surface area contributed by atoms with Crippen molar-refractivity contribution in [3.63, 3.8) is 0 Å². The smallest absolute Gasteiger partial charge is 0.263 e. The average Bonchev–Trinajstić information content (AvgIpc) is 3.10. The molecule has 1 saturated heterocycles. The minimum Gasteiger partial charge on any atom is -0.493 e. The fraction of sp³-hybridized carbons (Fsp3) is 0.375. The second kappa shape index (κ2) is 6.71. The second-order valence-electron chi connectivity index (χ2n) is 5.29. The summed E-state index contributed by atoms with van der Waals surface area (Å²) in [5, 5.41) is 2.61. The Kier molecular flexibility index (Phi) is 4.69. The molecule has 1 aliphatic carbocycles. The predicted molar refractivity (Wildman–Crippen MR) is 92.2 cm³/mol. The van der Waals surface area contributed by atoms with Crippen LogP contribution < -0.4 is 14.8 Å². The van der Waals surface area contributed by atoms with Crippen molar-refractivity contribution in [3.05, 3.63) is 28.7 Å². The quantitative estimate of drug-likeness (QED) is 0.674. The number of benzene rings is 1. The number of amides is 1. The van der Waals surface area contributed by atoms with E-state index in [-0.39, 0.29) is 12.0 Å². The third-order valence-electron chi connectivity index (χ3n) is 3.72. The Morgan fingerprint density at radius 1 is 1.32 bits per heavy atom. The normalized spacial score (nSPS) is 20.5. The minimum atomic E-state index is -0.149.